The summed E-state index contributed by atoms with van der Waals surface area (Å²) >= 11 is 0. The quantitative estimate of drug-likeness (QED) is 0.670. The molecule has 150 valence electrons. The van der Waals surface area contributed by atoms with Crippen molar-refractivity contribution in [2.75, 3.05) is 19.6 Å². The number of aromatic amines is 1. The molecule has 4 nitrogen and oxygen atoms in total. The van der Waals surface area contributed by atoms with Gasteiger partial charge in [-0.05, 0) is 56.1 Å². The van der Waals surface area contributed by atoms with Crippen molar-refractivity contribution in [2.24, 2.45) is 0 Å². The molecular weight excluding hydrogens is 399 g/mol. The molecule has 0 radical (unpaired) electrons. The van der Waals surface area contributed by atoms with Gasteiger partial charge in [-0.25, -0.2) is 12.8 Å². The van der Waals surface area contributed by atoms with Crippen molar-refractivity contribution in [3.63, 3.8) is 0 Å². The monoisotopic (exact) mass is 422 g/mol. The van der Waals surface area contributed by atoms with Crippen LogP contribution in [0.15, 0.2) is 59.6 Å². The second kappa shape index (κ2) is 8.64. The van der Waals surface area contributed by atoms with Gasteiger partial charge >= 0.3 is 0 Å². The Kier molecular flexibility index (Phi) is 6.43. The first kappa shape index (κ1) is 20.8. The molecule has 1 fully saturated rings. The highest BCUT2D eigenvalue weighted by Crippen LogP contribution is 2.30. The van der Waals surface area contributed by atoms with E-state index in [4.69, 9.17) is 0 Å². The van der Waals surface area contributed by atoms with Crippen LogP contribution in [0, 0.1) is 5.82 Å². The minimum absolute atomic E-state index is 0. The van der Waals surface area contributed by atoms with Crippen molar-refractivity contribution < 1.29 is 12.8 Å². The summed E-state index contributed by atoms with van der Waals surface area (Å²) in [6.07, 6.45) is 3.76. The SMILES string of the molecule is Cl.O=S(=O)(c1c[nH]c2ccccc12)C1CCN(CCc2ccc(F)cc2)CC1. The van der Waals surface area contributed by atoms with Crippen LogP contribution in [-0.4, -0.2) is 43.2 Å². The lowest BCUT2D eigenvalue weighted by molar-refractivity contribution is 0.232. The fourth-order valence-corrected chi connectivity index (χ4v) is 5.74. The van der Waals surface area contributed by atoms with Crippen LogP contribution >= 0.6 is 12.4 Å². The van der Waals surface area contributed by atoms with Gasteiger partial charge in [-0.1, -0.05) is 30.3 Å². The number of piperidine rings is 1. The predicted molar refractivity (Wildman–Crippen MR) is 112 cm³/mol. The summed E-state index contributed by atoms with van der Waals surface area (Å²) in [7, 11) is -3.34. The number of para-hydroxylation sites is 1. The van der Waals surface area contributed by atoms with Crippen molar-refractivity contribution in [1.82, 2.24) is 9.88 Å². The standard InChI is InChI=1S/C21H23FN2O2S.ClH/c22-17-7-5-16(6-8-17)9-12-24-13-10-18(11-14-24)27(25,26)21-15-23-20-4-2-1-3-19(20)21;/h1-8,15,18,23H,9-14H2;1H. The van der Waals surface area contributed by atoms with Crippen molar-refractivity contribution in [3.8, 4) is 0 Å². The zero-order valence-electron chi connectivity index (χ0n) is 15.5. The van der Waals surface area contributed by atoms with Crippen LogP contribution in [0.25, 0.3) is 10.9 Å². The summed E-state index contributed by atoms with van der Waals surface area (Å²) in [6.45, 7) is 2.41. The summed E-state index contributed by atoms with van der Waals surface area (Å²) in [5.74, 6) is -0.220. The van der Waals surface area contributed by atoms with Crippen LogP contribution in [0.2, 0.25) is 0 Å². The number of rotatable bonds is 5. The third kappa shape index (κ3) is 4.24. The molecule has 0 atom stereocenters. The van der Waals surface area contributed by atoms with Crippen molar-refractivity contribution in [2.45, 2.75) is 29.4 Å². The molecule has 0 aliphatic carbocycles. The number of hydrogen-bond acceptors (Lipinski definition) is 3. The maximum Gasteiger partial charge on any atom is 0.183 e. The Hall–Kier alpha value is -1.89. The van der Waals surface area contributed by atoms with Gasteiger partial charge in [0.15, 0.2) is 9.84 Å². The second-order valence-corrected chi connectivity index (χ2v) is 9.36. The van der Waals surface area contributed by atoms with Crippen LogP contribution < -0.4 is 0 Å². The summed E-state index contributed by atoms with van der Waals surface area (Å²) in [4.78, 5) is 5.78. The van der Waals surface area contributed by atoms with Gasteiger partial charge in [0.2, 0.25) is 0 Å². The topological polar surface area (TPSA) is 53.2 Å². The number of benzene rings is 2. The van der Waals surface area contributed by atoms with E-state index in [9.17, 15) is 12.8 Å². The van der Waals surface area contributed by atoms with Gasteiger partial charge in [-0.15, -0.1) is 12.4 Å². The van der Waals surface area contributed by atoms with E-state index in [2.05, 4.69) is 9.88 Å². The van der Waals surface area contributed by atoms with E-state index in [1.165, 1.54) is 12.1 Å². The normalized spacial score (nSPS) is 16.2. The summed E-state index contributed by atoms with van der Waals surface area (Å²) in [6, 6.07) is 14.1. The Bertz CT molecular complexity index is 1030. The summed E-state index contributed by atoms with van der Waals surface area (Å²) < 4.78 is 39.2. The molecular formula is C21H24ClFN2O2S. The van der Waals surface area contributed by atoms with Crippen molar-refractivity contribution in [1.29, 1.82) is 0 Å². The van der Waals surface area contributed by atoms with Crippen molar-refractivity contribution >= 4 is 33.1 Å². The number of aromatic nitrogens is 1. The number of sulfone groups is 1. The highest BCUT2D eigenvalue weighted by atomic mass is 35.5. The maximum absolute atomic E-state index is 13.1. The van der Waals surface area contributed by atoms with Gasteiger partial charge in [-0.3, -0.25) is 0 Å². The predicted octanol–water partition coefficient (Wildman–Crippen LogP) is 4.21. The van der Waals surface area contributed by atoms with Gasteiger partial charge in [0.1, 0.15) is 5.82 Å². The molecule has 0 saturated carbocycles. The summed E-state index contributed by atoms with van der Waals surface area (Å²) in [5, 5.41) is 0.440. The largest absolute Gasteiger partial charge is 0.360 e. The van der Waals surface area contributed by atoms with E-state index in [1.807, 2.05) is 36.4 Å². The Morgan fingerprint density at radius 2 is 1.71 bits per heavy atom. The molecule has 3 aromatic rings. The number of nitrogens with one attached hydrogen (secondary N) is 1. The number of likely N-dealkylation sites (tertiary alicyclic amines) is 1. The molecule has 0 unspecified atom stereocenters. The van der Waals surface area contributed by atoms with Crippen LogP contribution in [-0.2, 0) is 16.3 Å². The molecule has 1 aliphatic rings. The molecule has 1 aliphatic heterocycles. The number of halogens is 2. The molecule has 4 rings (SSSR count). The number of nitrogens with zero attached hydrogens (tertiary/aromatic N) is 1. The van der Waals surface area contributed by atoms with Gasteiger partial charge in [0.25, 0.3) is 0 Å². The Morgan fingerprint density at radius 3 is 2.43 bits per heavy atom. The Balaban J connectivity index is 0.00000225. The van der Waals surface area contributed by atoms with Crippen molar-refractivity contribution in [3.05, 3.63) is 66.1 Å². The molecule has 0 amide bonds. The highest BCUT2D eigenvalue weighted by molar-refractivity contribution is 7.92. The van der Waals surface area contributed by atoms with Gasteiger partial charge < -0.3 is 9.88 Å². The molecule has 2 aromatic carbocycles. The molecule has 28 heavy (non-hydrogen) atoms. The van der Waals surface area contributed by atoms with E-state index >= 15 is 0 Å². The first-order valence-corrected chi connectivity index (χ1v) is 10.9. The number of fused-ring (bicyclic) bond motifs is 1. The fourth-order valence-electron chi connectivity index (χ4n) is 3.84. The summed E-state index contributed by atoms with van der Waals surface area (Å²) in [5.41, 5.74) is 1.96. The fraction of sp³-hybridized carbons (Fsp3) is 0.333. The smallest absolute Gasteiger partial charge is 0.183 e. The average molecular weight is 423 g/mol. The molecule has 7 heteroatoms. The van der Waals surface area contributed by atoms with Gasteiger partial charge in [0.05, 0.1) is 10.1 Å². The third-order valence-electron chi connectivity index (χ3n) is 5.46. The van der Waals surface area contributed by atoms with E-state index in [0.29, 0.717) is 17.7 Å². The van der Waals surface area contributed by atoms with E-state index in [-0.39, 0.29) is 23.5 Å². The lowest BCUT2D eigenvalue weighted by Gasteiger charge is -2.31. The Morgan fingerprint density at radius 1 is 1.04 bits per heavy atom. The third-order valence-corrected chi connectivity index (χ3v) is 7.76. The van der Waals surface area contributed by atoms with Crippen LogP contribution in [0.5, 0.6) is 0 Å². The minimum Gasteiger partial charge on any atom is -0.360 e. The second-order valence-electron chi connectivity index (χ2n) is 7.16. The lowest BCUT2D eigenvalue weighted by Crippen LogP contribution is -2.40. The first-order valence-electron chi connectivity index (χ1n) is 9.31. The lowest BCUT2D eigenvalue weighted by atomic mass is 10.1. The highest BCUT2D eigenvalue weighted by Gasteiger charge is 2.32. The molecule has 2 heterocycles. The number of H-pyrrole nitrogens is 1. The number of hydrogen-bond donors (Lipinski definition) is 1. The van der Waals surface area contributed by atoms with E-state index in [1.54, 1.807) is 6.20 Å². The Labute approximate surface area is 171 Å². The molecule has 1 N–H and O–H groups in total. The molecule has 0 spiro atoms. The average Bonchev–Trinajstić information content (AvgIpc) is 3.13. The van der Waals surface area contributed by atoms with Crippen LogP contribution in [0.4, 0.5) is 4.39 Å². The van der Waals surface area contributed by atoms with E-state index in [0.717, 1.165) is 42.5 Å². The molecule has 1 saturated heterocycles. The maximum atomic E-state index is 13.1. The molecule has 1 aromatic heterocycles. The van der Waals surface area contributed by atoms with Gasteiger partial charge in [0, 0.05) is 23.6 Å². The zero-order chi connectivity index (χ0) is 18.9. The van der Waals surface area contributed by atoms with Crippen LogP contribution in [0.3, 0.4) is 0 Å². The van der Waals surface area contributed by atoms with Gasteiger partial charge in [-0.2, -0.15) is 0 Å². The zero-order valence-corrected chi connectivity index (χ0v) is 17.1. The molecule has 0 bridgehead atoms. The minimum atomic E-state index is -3.34. The van der Waals surface area contributed by atoms with Crippen LogP contribution in [0.1, 0.15) is 18.4 Å². The first-order chi connectivity index (χ1) is 13.0. The van der Waals surface area contributed by atoms with E-state index < -0.39 is 9.84 Å².